The Bertz CT molecular complexity index is 1460. The molecular weight excluding hydrogens is 456 g/mol. The Kier molecular flexibility index (Phi) is 5.01. The summed E-state index contributed by atoms with van der Waals surface area (Å²) >= 11 is 0. The van der Waals surface area contributed by atoms with E-state index in [1.54, 1.807) is 7.05 Å². The second-order valence-electron chi connectivity index (χ2n) is 9.32. The number of H-pyrrole nitrogens is 1. The molecule has 5 N–H and O–H groups in total. The molecule has 1 saturated heterocycles. The van der Waals surface area contributed by atoms with Crippen molar-refractivity contribution in [3.05, 3.63) is 41.7 Å². The van der Waals surface area contributed by atoms with E-state index in [9.17, 15) is 13.9 Å². The van der Waals surface area contributed by atoms with Gasteiger partial charge >= 0.3 is 6.01 Å². The summed E-state index contributed by atoms with van der Waals surface area (Å²) in [6.07, 6.45) is 2.08. The molecule has 3 aromatic heterocycles. The van der Waals surface area contributed by atoms with Gasteiger partial charge in [-0.1, -0.05) is 0 Å². The van der Waals surface area contributed by atoms with Crippen molar-refractivity contribution >= 4 is 33.4 Å². The van der Waals surface area contributed by atoms with Crippen LogP contribution in [0.25, 0.3) is 21.9 Å². The zero-order valence-electron chi connectivity index (χ0n) is 19.2. The molecule has 1 aliphatic heterocycles. The van der Waals surface area contributed by atoms with Crippen molar-refractivity contribution < 1.29 is 18.6 Å². The van der Waals surface area contributed by atoms with Crippen LogP contribution in [-0.4, -0.2) is 50.7 Å². The van der Waals surface area contributed by atoms with Crippen LogP contribution in [0.3, 0.4) is 0 Å². The maximum atomic E-state index is 14.5. The van der Waals surface area contributed by atoms with Crippen LogP contribution >= 0.6 is 0 Å². The Morgan fingerprint density at radius 2 is 2.09 bits per heavy atom. The number of aromatic nitrogens is 4. The molecule has 6 rings (SSSR count). The summed E-state index contributed by atoms with van der Waals surface area (Å²) in [4.78, 5) is 18.6. The van der Waals surface area contributed by atoms with Crippen molar-refractivity contribution in [1.29, 1.82) is 0 Å². The molecule has 11 heteroatoms. The summed E-state index contributed by atoms with van der Waals surface area (Å²) in [6, 6.07) is 4.39. The molecule has 0 spiro atoms. The zero-order valence-corrected chi connectivity index (χ0v) is 19.2. The van der Waals surface area contributed by atoms with Crippen LogP contribution in [0.4, 0.5) is 20.3 Å². The van der Waals surface area contributed by atoms with Crippen LogP contribution in [0.1, 0.15) is 31.6 Å². The minimum absolute atomic E-state index is 0.00334. The molecule has 4 aromatic rings. The van der Waals surface area contributed by atoms with Crippen LogP contribution in [0.2, 0.25) is 0 Å². The maximum absolute atomic E-state index is 14.5. The maximum Gasteiger partial charge on any atom is 0.326 e. The van der Waals surface area contributed by atoms with Crippen LogP contribution in [0.5, 0.6) is 11.8 Å². The fraction of sp³-hybridized carbons (Fsp3) is 0.375. The van der Waals surface area contributed by atoms with Crippen LogP contribution in [0.15, 0.2) is 24.4 Å². The number of hydrogen-bond donors (Lipinski definition) is 4. The number of nitrogens with two attached hydrogens (primary N) is 1. The van der Waals surface area contributed by atoms with Crippen molar-refractivity contribution in [1.82, 2.24) is 19.9 Å². The fourth-order valence-corrected chi connectivity index (χ4v) is 5.43. The van der Waals surface area contributed by atoms with E-state index in [2.05, 4.69) is 25.2 Å². The van der Waals surface area contributed by atoms with Crippen molar-refractivity contribution in [3.8, 4) is 11.8 Å². The SMILES string of the molecule is CNc1cc(F)cc2c1[nH]c1nc(Oc3cnc(C(C)O)c(F)c3)nc(N3C[C@H]4C[C@@H]3C[C@@H]4N)c12. The Hall–Kier alpha value is -3.57. The van der Waals surface area contributed by atoms with Crippen molar-refractivity contribution in [2.75, 3.05) is 23.8 Å². The van der Waals surface area contributed by atoms with Gasteiger partial charge in [0.25, 0.3) is 0 Å². The number of benzene rings is 1. The number of ether oxygens (including phenoxy) is 1. The summed E-state index contributed by atoms with van der Waals surface area (Å²) < 4.78 is 34.7. The molecule has 2 bridgehead atoms. The largest absolute Gasteiger partial charge is 0.422 e. The number of halogens is 2. The molecule has 9 nitrogen and oxygen atoms in total. The van der Waals surface area contributed by atoms with E-state index >= 15 is 0 Å². The topological polar surface area (TPSA) is 125 Å². The highest BCUT2D eigenvalue weighted by Crippen LogP contribution is 2.44. The second-order valence-corrected chi connectivity index (χ2v) is 9.32. The molecule has 0 amide bonds. The van der Waals surface area contributed by atoms with Gasteiger partial charge in [-0.05, 0) is 37.8 Å². The lowest BCUT2D eigenvalue weighted by molar-refractivity contribution is 0.188. The molecule has 1 saturated carbocycles. The number of pyridine rings is 1. The van der Waals surface area contributed by atoms with E-state index in [0.29, 0.717) is 39.4 Å². The fourth-order valence-electron chi connectivity index (χ4n) is 5.43. The monoisotopic (exact) mass is 481 g/mol. The first-order chi connectivity index (χ1) is 16.8. The van der Waals surface area contributed by atoms with Gasteiger partial charge in [0.05, 0.1) is 28.9 Å². The third-order valence-corrected chi connectivity index (χ3v) is 7.07. The third-order valence-electron chi connectivity index (χ3n) is 7.07. The molecule has 2 aliphatic rings. The summed E-state index contributed by atoms with van der Waals surface area (Å²) in [5.74, 6) is 0.0104. The van der Waals surface area contributed by atoms with Gasteiger partial charge in [0.15, 0.2) is 11.6 Å². The highest BCUT2D eigenvalue weighted by molar-refractivity contribution is 6.14. The van der Waals surface area contributed by atoms with Crippen molar-refractivity contribution in [2.24, 2.45) is 11.7 Å². The number of aromatic amines is 1. The Labute approximate surface area is 199 Å². The molecule has 1 aliphatic carbocycles. The lowest BCUT2D eigenvalue weighted by atomic mass is 10.0. The quantitative estimate of drug-likeness (QED) is 0.341. The Morgan fingerprint density at radius 3 is 2.74 bits per heavy atom. The van der Waals surface area contributed by atoms with Crippen LogP contribution in [0, 0.1) is 17.6 Å². The van der Waals surface area contributed by atoms with Gasteiger partial charge in [-0.25, -0.2) is 8.78 Å². The van der Waals surface area contributed by atoms with Crippen molar-refractivity contribution in [2.45, 2.75) is 38.0 Å². The molecule has 4 heterocycles. The minimum Gasteiger partial charge on any atom is -0.422 e. The van der Waals surface area contributed by atoms with Gasteiger partial charge in [-0.2, -0.15) is 9.97 Å². The minimum atomic E-state index is -1.05. The first-order valence-electron chi connectivity index (χ1n) is 11.6. The molecule has 1 unspecified atom stereocenters. The first kappa shape index (κ1) is 21.9. The van der Waals surface area contributed by atoms with Gasteiger partial charge in [-0.3, -0.25) is 4.98 Å². The summed E-state index contributed by atoms with van der Waals surface area (Å²) in [7, 11) is 1.72. The number of rotatable bonds is 5. The number of anilines is 2. The van der Waals surface area contributed by atoms with Gasteiger partial charge in [0.1, 0.15) is 23.0 Å². The van der Waals surface area contributed by atoms with Gasteiger partial charge in [-0.15, -0.1) is 0 Å². The molecule has 4 atom stereocenters. The standard InChI is InChI=1S/C24H25F2N7O2/c1-10(34)20-16(26)7-14(8-29-20)35-24-31-22-19(15-4-12(25)5-18(28-2)21(15)30-22)23(32-24)33-9-11-3-13(33)6-17(11)27/h4-5,7-8,10-11,13,17,28,34H,3,6,9,27H2,1-2H3,(H,30,31,32)/t10?,11-,13-,17+/m1/s1. The Morgan fingerprint density at radius 1 is 1.26 bits per heavy atom. The highest BCUT2D eigenvalue weighted by Gasteiger charge is 2.44. The third kappa shape index (κ3) is 3.53. The first-order valence-corrected chi connectivity index (χ1v) is 11.6. The lowest BCUT2D eigenvalue weighted by Gasteiger charge is -2.31. The van der Waals surface area contributed by atoms with Gasteiger partial charge < -0.3 is 30.8 Å². The Balaban J connectivity index is 1.50. The normalized spacial score (nSPS) is 22.3. The van der Waals surface area contributed by atoms with E-state index in [1.165, 1.54) is 25.3 Å². The number of nitrogens with one attached hydrogen (secondary N) is 2. The molecule has 2 fully saturated rings. The molecule has 0 radical (unpaired) electrons. The number of aliphatic hydroxyl groups is 1. The smallest absolute Gasteiger partial charge is 0.326 e. The number of aliphatic hydroxyl groups excluding tert-OH is 1. The second kappa shape index (κ2) is 7.99. The molecule has 1 aromatic carbocycles. The number of fused-ring (bicyclic) bond motifs is 5. The zero-order chi connectivity index (χ0) is 24.4. The molecule has 35 heavy (non-hydrogen) atoms. The lowest BCUT2D eigenvalue weighted by Crippen LogP contribution is -2.41. The van der Waals surface area contributed by atoms with E-state index in [0.717, 1.165) is 25.5 Å². The summed E-state index contributed by atoms with van der Waals surface area (Å²) in [5, 5.41) is 14.0. The van der Waals surface area contributed by atoms with Crippen LogP contribution < -0.4 is 20.7 Å². The summed E-state index contributed by atoms with van der Waals surface area (Å²) in [6.45, 7) is 2.17. The number of piperidine rings is 1. The van der Waals surface area contributed by atoms with Crippen LogP contribution in [-0.2, 0) is 0 Å². The number of hydrogen-bond acceptors (Lipinski definition) is 8. The van der Waals surface area contributed by atoms with Crippen molar-refractivity contribution in [3.63, 3.8) is 0 Å². The van der Waals surface area contributed by atoms with E-state index in [-0.39, 0.29) is 35.4 Å². The highest BCUT2D eigenvalue weighted by atomic mass is 19.1. The summed E-state index contributed by atoms with van der Waals surface area (Å²) in [5.41, 5.74) is 7.97. The predicted octanol–water partition coefficient (Wildman–Crippen LogP) is 3.60. The molecule has 182 valence electrons. The van der Waals surface area contributed by atoms with E-state index in [1.807, 2.05) is 0 Å². The predicted molar refractivity (Wildman–Crippen MR) is 128 cm³/mol. The van der Waals surface area contributed by atoms with E-state index in [4.69, 9.17) is 15.5 Å². The number of nitrogens with zero attached hydrogens (tertiary/aromatic N) is 4. The molecular formula is C24H25F2N7O2. The van der Waals surface area contributed by atoms with Gasteiger partial charge in [0, 0.05) is 37.1 Å². The van der Waals surface area contributed by atoms with Gasteiger partial charge in [0.2, 0.25) is 0 Å². The average Bonchev–Trinajstić information content (AvgIpc) is 3.49. The van der Waals surface area contributed by atoms with E-state index < -0.39 is 11.9 Å². The average molecular weight is 482 g/mol.